The van der Waals surface area contributed by atoms with Gasteiger partial charge < -0.3 is 24.6 Å². The minimum Gasteiger partial charge on any atom is -0.467 e. The topological polar surface area (TPSA) is 64.2 Å². The van der Waals surface area contributed by atoms with E-state index in [1.54, 1.807) is 18.4 Å². The SMILES string of the molecule is CCNC(=NCC(O)c1ccco1)N1CCC(CN(CC)CC)C1. The Morgan fingerprint density at radius 3 is 2.88 bits per heavy atom. The third-order valence-corrected chi connectivity index (χ3v) is 4.62. The molecule has 0 aliphatic carbocycles. The highest BCUT2D eigenvalue weighted by Gasteiger charge is 2.26. The fourth-order valence-electron chi connectivity index (χ4n) is 3.19. The number of likely N-dealkylation sites (tertiary alicyclic amines) is 1. The number of furan rings is 1. The molecule has 2 rings (SSSR count). The van der Waals surface area contributed by atoms with Crippen molar-refractivity contribution in [2.75, 3.05) is 45.8 Å². The van der Waals surface area contributed by atoms with E-state index in [0.29, 0.717) is 18.2 Å². The molecule has 136 valence electrons. The second kappa shape index (κ2) is 9.69. The van der Waals surface area contributed by atoms with Gasteiger partial charge >= 0.3 is 0 Å². The minimum absolute atomic E-state index is 0.313. The first kappa shape index (κ1) is 18.8. The summed E-state index contributed by atoms with van der Waals surface area (Å²) in [4.78, 5) is 9.41. The van der Waals surface area contributed by atoms with E-state index < -0.39 is 6.10 Å². The summed E-state index contributed by atoms with van der Waals surface area (Å²) >= 11 is 0. The third kappa shape index (κ3) is 5.24. The standard InChI is InChI=1S/C18H32N4O2/c1-4-19-18(20-12-16(23)17-8-7-11-24-17)22-10-9-15(14-22)13-21(5-2)6-3/h7-8,11,15-16,23H,4-6,9-10,12-14H2,1-3H3,(H,19,20). The Morgan fingerprint density at radius 2 is 2.25 bits per heavy atom. The maximum absolute atomic E-state index is 10.2. The third-order valence-electron chi connectivity index (χ3n) is 4.62. The summed E-state index contributed by atoms with van der Waals surface area (Å²) in [6.07, 6.45) is 2.08. The van der Waals surface area contributed by atoms with Gasteiger partial charge in [0.2, 0.25) is 0 Å². The van der Waals surface area contributed by atoms with E-state index in [2.05, 4.69) is 40.9 Å². The summed E-state index contributed by atoms with van der Waals surface area (Å²) in [6.45, 7) is 13.1. The summed E-state index contributed by atoms with van der Waals surface area (Å²) in [7, 11) is 0. The van der Waals surface area contributed by atoms with Crippen molar-refractivity contribution in [3.8, 4) is 0 Å². The Morgan fingerprint density at radius 1 is 1.46 bits per heavy atom. The minimum atomic E-state index is -0.692. The van der Waals surface area contributed by atoms with Gasteiger partial charge in [-0.1, -0.05) is 13.8 Å². The molecule has 0 bridgehead atoms. The van der Waals surface area contributed by atoms with Crippen molar-refractivity contribution in [3.63, 3.8) is 0 Å². The molecule has 0 radical (unpaired) electrons. The molecule has 1 aromatic heterocycles. The quantitative estimate of drug-likeness (QED) is 0.561. The van der Waals surface area contributed by atoms with Crippen LogP contribution >= 0.6 is 0 Å². The molecule has 1 aliphatic rings. The lowest BCUT2D eigenvalue weighted by atomic mass is 10.1. The highest BCUT2D eigenvalue weighted by atomic mass is 16.4. The summed E-state index contributed by atoms with van der Waals surface area (Å²) < 4.78 is 5.24. The van der Waals surface area contributed by atoms with E-state index in [4.69, 9.17) is 4.42 Å². The van der Waals surface area contributed by atoms with E-state index in [9.17, 15) is 5.11 Å². The van der Waals surface area contributed by atoms with Gasteiger partial charge in [0.1, 0.15) is 11.9 Å². The molecule has 2 atom stereocenters. The molecule has 6 nitrogen and oxygen atoms in total. The zero-order valence-corrected chi connectivity index (χ0v) is 15.2. The fraction of sp³-hybridized carbons (Fsp3) is 0.722. The number of nitrogens with one attached hydrogen (secondary N) is 1. The molecule has 0 spiro atoms. The van der Waals surface area contributed by atoms with Crippen LogP contribution in [0.15, 0.2) is 27.8 Å². The molecule has 0 saturated carbocycles. The maximum atomic E-state index is 10.2. The Hall–Kier alpha value is -1.53. The van der Waals surface area contributed by atoms with E-state index >= 15 is 0 Å². The number of rotatable bonds is 8. The number of aliphatic imine (C=N–C) groups is 1. The lowest BCUT2D eigenvalue weighted by molar-refractivity contribution is 0.158. The second-order valence-corrected chi connectivity index (χ2v) is 6.31. The molecule has 6 heteroatoms. The van der Waals surface area contributed by atoms with Crippen LogP contribution in [0, 0.1) is 5.92 Å². The van der Waals surface area contributed by atoms with Gasteiger partial charge in [-0.25, -0.2) is 4.99 Å². The number of aliphatic hydroxyl groups excluding tert-OH is 1. The highest BCUT2D eigenvalue weighted by molar-refractivity contribution is 5.80. The molecule has 1 aromatic rings. The molecule has 24 heavy (non-hydrogen) atoms. The van der Waals surface area contributed by atoms with E-state index in [1.165, 1.54) is 6.42 Å². The van der Waals surface area contributed by atoms with Gasteiger partial charge in [0.05, 0.1) is 12.8 Å². The Kier molecular flexibility index (Phi) is 7.59. The van der Waals surface area contributed by atoms with Gasteiger partial charge in [0.25, 0.3) is 0 Å². The van der Waals surface area contributed by atoms with Crippen LogP contribution in [0.3, 0.4) is 0 Å². The van der Waals surface area contributed by atoms with Crippen LogP contribution in [-0.2, 0) is 0 Å². The number of guanidine groups is 1. The molecule has 0 amide bonds. The lowest BCUT2D eigenvalue weighted by Crippen LogP contribution is -2.41. The molecule has 2 unspecified atom stereocenters. The molecular weight excluding hydrogens is 304 g/mol. The van der Waals surface area contributed by atoms with Crippen LogP contribution < -0.4 is 5.32 Å². The average molecular weight is 336 g/mol. The van der Waals surface area contributed by atoms with E-state index in [1.807, 2.05) is 0 Å². The number of nitrogens with zero attached hydrogens (tertiary/aromatic N) is 3. The van der Waals surface area contributed by atoms with Crippen LogP contribution in [0.2, 0.25) is 0 Å². The Balaban J connectivity index is 1.91. The van der Waals surface area contributed by atoms with Crippen LogP contribution in [0.4, 0.5) is 0 Å². The van der Waals surface area contributed by atoms with E-state index in [0.717, 1.165) is 45.2 Å². The summed E-state index contributed by atoms with van der Waals surface area (Å²) in [5.41, 5.74) is 0. The maximum Gasteiger partial charge on any atom is 0.194 e. The van der Waals surface area contributed by atoms with Gasteiger partial charge in [-0.2, -0.15) is 0 Å². The van der Waals surface area contributed by atoms with Crippen molar-refractivity contribution < 1.29 is 9.52 Å². The van der Waals surface area contributed by atoms with Crippen LogP contribution in [0.25, 0.3) is 0 Å². The Labute approximate surface area is 145 Å². The first-order valence-electron chi connectivity index (χ1n) is 9.14. The molecule has 0 aromatic carbocycles. The van der Waals surface area contributed by atoms with Crippen molar-refractivity contribution in [2.45, 2.75) is 33.3 Å². The zero-order valence-electron chi connectivity index (χ0n) is 15.2. The summed E-state index contributed by atoms with van der Waals surface area (Å²) in [6, 6.07) is 3.56. The Bertz CT molecular complexity index is 485. The second-order valence-electron chi connectivity index (χ2n) is 6.31. The molecule has 1 saturated heterocycles. The van der Waals surface area contributed by atoms with Crippen molar-refractivity contribution in [1.29, 1.82) is 0 Å². The van der Waals surface area contributed by atoms with Crippen molar-refractivity contribution in [2.24, 2.45) is 10.9 Å². The van der Waals surface area contributed by atoms with Crippen LogP contribution in [0.5, 0.6) is 0 Å². The highest BCUT2D eigenvalue weighted by Crippen LogP contribution is 2.18. The van der Waals surface area contributed by atoms with Crippen molar-refractivity contribution >= 4 is 5.96 Å². The first-order chi connectivity index (χ1) is 11.7. The smallest absolute Gasteiger partial charge is 0.194 e. The molecule has 1 fully saturated rings. The van der Waals surface area contributed by atoms with Crippen molar-refractivity contribution in [1.82, 2.24) is 15.1 Å². The largest absolute Gasteiger partial charge is 0.467 e. The summed E-state index contributed by atoms with van der Waals surface area (Å²) in [5, 5.41) is 13.5. The molecule has 1 aliphatic heterocycles. The van der Waals surface area contributed by atoms with Crippen LogP contribution in [-0.4, -0.2) is 66.7 Å². The monoisotopic (exact) mass is 336 g/mol. The average Bonchev–Trinajstić information content (AvgIpc) is 3.27. The number of hydrogen-bond acceptors (Lipinski definition) is 4. The lowest BCUT2D eigenvalue weighted by Gasteiger charge is -2.24. The van der Waals surface area contributed by atoms with Gasteiger partial charge in [-0.15, -0.1) is 0 Å². The molecule has 2 heterocycles. The van der Waals surface area contributed by atoms with Gasteiger partial charge in [0.15, 0.2) is 5.96 Å². The van der Waals surface area contributed by atoms with Gasteiger partial charge in [0, 0.05) is 26.2 Å². The van der Waals surface area contributed by atoms with Crippen molar-refractivity contribution in [3.05, 3.63) is 24.2 Å². The molecule has 2 N–H and O–H groups in total. The fourth-order valence-corrected chi connectivity index (χ4v) is 3.19. The number of hydrogen-bond donors (Lipinski definition) is 2. The first-order valence-corrected chi connectivity index (χ1v) is 9.14. The van der Waals surface area contributed by atoms with E-state index in [-0.39, 0.29) is 0 Å². The normalized spacial score (nSPS) is 20.0. The summed E-state index contributed by atoms with van der Waals surface area (Å²) in [5.74, 6) is 2.14. The number of aliphatic hydroxyl groups is 1. The predicted octanol–water partition coefficient (Wildman–Crippen LogP) is 1.94. The zero-order chi connectivity index (χ0) is 17.4. The van der Waals surface area contributed by atoms with Gasteiger partial charge in [-0.05, 0) is 44.5 Å². The van der Waals surface area contributed by atoms with Gasteiger partial charge in [-0.3, -0.25) is 0 Å². The van der Waals surface area contributed by atoms with Crippen LogP contribution in [0.1, 0.15) is 39.1 Å². The predicted molar refractivity (Wildman–Crippen MR) is 97.1 cm³/mol. The molecular formula is C18H32N4O2.